The van der Waals surface area contributed by atoms with Gasteiger partial charge in [-0.2, -0.15) is 0 Å². The number of benzene rings is 1. The van der Waals surface area contributed by atoms with Crippen LogP contribution in [0.1, 0.15) is 17.6 Å². The zero-order chi connectivity index (χ0) is 9.84. The molecule has 0 saturated carbocycles. The van der Waals surface area contributed by atoms with E-state index in [2.05, 4.69) is 5.32 Å². The number of hydrogen-bond donors (Lipinski definition) is 1. The van der Waals surface area contributed by atoms with Crippen LogP contribution in [0.4, 0.5) is 13.2 Å². The zero-order valence-corrected chi connectivity index (χ0v) is 7.15. The van der Waals surface area contributed by atoms with Crippen molar-refractivity contribution in [1.29, 1.82) is 0 Å². The van der Waals surface area contributed by atoms with Crippen LogP contribution in [-0.4, -0.2) is 7.05 Å². The summed E-state index contributed by atoms with van der Waals surface area (Å²) < 4.78 is 37.6. The molecule has 0 saturated heterocycles. The van der Waals surface area contributed by atoms with Crippen molar-refractivity contribution in [3.05, 3.63) is 35.1 Å². The van der Waals surface area contributed by atoms with Crippen molar-refractivity contribution in [3.8, 4) is 0 Å². The van der Waals surface area contributed by atoms with Crippen molar-refractivity contribution in [2.45, 2.75) is 13.0 Å². The predicted molar refractivity (Wildman–Crippen MR) is 44.1 cm³/mol. The van der Waals surface area contributed by atoms with Crippen LogP contribution in [0.15, 0.2) is 18.2 Å². The number of nitrogens with one attached hydrogen (secondary N) is 1. The van der Waals surface area contributed by atoms with Gasteiger partial charge >= 0.3 is 0 Å². The normalized spacial score (nSPS) is 10.8. The first-order chi connectivity index (χ1) is 6.16. The minimum absolute atomic E-state index is 0.256. The maximum atomic E-state index is 13.2. The van der Waals surface area contributed by atoms with Gasteiger partial charge in [-0.1, -0.05) is 18.2 Å². The molecule has 0 fully saturated rings. The topological polar surface area (TPSA) is 12.0 Å². The molecule has 4 heteroatoms. The summed E-state index contributed by atoms with van der Waals surface area (Å²) >= 11 is 0. The van der Waals surface area contributed by atoms with E-state index in [-0.39, 0.29) is 12.1 Å². The summed E-state index contributed by atoms with van der Waals surface area (Å²) in [5.41, 5.74) is -0.270. The summed E-state index contributed by atoms with van der Waals surface area (Å²) in [5.74, 6) is -0.813. The Kier molecular flexibility index (Phi) is 3.31. The van der Waals surface area contributed by atoms with Crippen LogP contribution in [0.3, 0.4) is 0 Å². The van der Waals surface area contributed by atoms with Crippen LogP contribution in [-0.2, 0) is 6.54 Å². The zero-order valence-electron chi connectivity index (χ0n) is 7.15. The molecule has 1 aromatic rings. The Morgan fingerprint density at radius 1 is 1.38 bits per heavy atom. The Bertz CT molecular complexity index is 286. The summed E-state index contributed by atoms with van der Waals surface area (Å²) in [6.07, 6.45) is -2.75. The smallest absolute Gasteiger partial charge is 0.266 e. The third-order valence-corrected chi connectivity index (χ3v) is 1.71. The van der Waals surface area contributed by atoms with Crippen LogP contribution in [0.25, 0.3) is 0 Å². The van der Waals surface area contributed by atoms with E-state index in [1.807, 2.05) is 0 Å². The summed E-state index contributed by atoms with van der Waals surface area (Å²) in [4.78, 5) is 0. The molecule has 1 aromatic carbocycles. The van der Waals surface area contributed by atoms with Crippen molar-refractivity contribution in [2.24, 2.45) is 0 Å². The molecular weight excluding hydrogens is 179 g/mol. The number of alkyl halides is 2. The van der Waals surface area contributed by atoms with Crippen LogP contribution >= 0.6 is 0 Å². The molecule has 0 heterocycles. The third-order valence-electron chi connectivity index (χ3n) is 1.71. The molecule has 72 valence electrons. The Hall–Kier alpha value is -1.03. The molecule has 0 radical (unpaired) electrons. The summed E-state index contributed by atoms with van der Waals surface area (Å²) in [5, 5.41) is 2.71. The molecule has 0 spiro atoms. The Morgan fingerprint density at radius 3 is 2.62 bits per heavy atom. The molecule has 0 aromatic heterocycles. The van der Waals surface area contributed by atoms with E-state index in [4.69, 9.17) is 0 Å². The highest BCUT2D eigenvalue weighted by Crippen LogP contribution is 2.23. The average Bonchev–Trinajstić information content (AvgIpc) is 2.08. The standard InChI is InChI=1S/C9H10F3N/c1-13-5-6-3-2-4-7(8(6)10)9(11)12/h2-4,9,13H,5H2,1H3. The van der Waals surface area contributed by atoms with Gasteiger partial charge in [0, 0.05) is 12.1 Å². The molecule has 0 atom stereocenters. The van der Waals surface area contributed by atoms with E-state index < -0.39 is 17.8 Å². The second-order valence-electron chi connectivity index (χ2n) is 2.65. The van der Waals surface area contributed by atoms with Crippen molar-refractivity contribution in [3.63, 3.8) is 0 Å². The van der Waals surface area contributed by atoms with Gasteiger partial charge in [0.1, 0.15) is 5.82 Å². The van der Waals surface area contributed by atoms with Crippen molar-refractivity contribution in [2.75, 3.05) is 7.05 Å². The molecular formula is C9H10F3N. The fraction of sp³-hybridized carbons (Fsp3) is 0.333. The van der Waals surface area contributed by atoms with Gasteiger partial charge in [-0.25, -0.2) is 13.2 Å². The maximum absolute atomic E-state index is 13.2. The minimum atomic E-state index is -2.75. The fourth-order valence-corrected chi connectivity index (χ4v) is 1.10. The summed E-state index contributed by atoms with van der Waals surface area (Å²) in [6.45, 7) is 0.256. The lowest BCUT2D eigenvalue weighted by Crippen LogP contribution is -2.08. The second-order valence-corrected chi connectivity index (χ2v) is 2.65. The number of halogens is 3. The molecule has 0 bridgehead atoms. The fourth-order valence-electron chi connectivity index (χ4n) is 1.10. The van der Waals surface area contributed by atoms with Gasteiger partial charge in [0.05, 0.1) is 5.56 Å². The van der Waals surface area contributed by atoms with E-state index in [1.165, 1.54) is 12.1 Å². The first-order valence-corrected chi connectivity index (χ1v) is 3.87. The van der Waals surface area contributed by atoms with Gasteiger partial charge in [-0.3, -0.25) is 0 Å². The molecule has 13 heavy (non-hydrogen) atoms. The van der Waals surface area contributed by atoms with Crippen molar-refractivity contribution >= 4 is 0 Å². The van der Waals surface area contributed by atoms with Gasteiger partial charge in [0.25, 0.3) is 6.43 Å². The lowest BCUT2D eigenvalue weighted by Gasteiger charge is -2.06. The van der Waals surface area contributed by atoms with E-state index in [0.29, 0.717) is 0 Å². The summed E-state index contributed by atoms with van der Waals surface area (Å²) in [6, 6.07) is 4.01. The molecule has 0 aliphatic carbocycles. The molecule has 0 amide bonds. The minimum Gasteiger partial charge on any atom is -0.316 e. The molecule has 0 unspecified atom stereocenters. The van der Waals surface area contributed by atoms with E-state index in [1.54, 1.807) is 7.05 Å². The molecule has 1 nitrogen and oxygen atoms in total. The first kappa shape index (κ1) is 10.1. The van der Waals surface area contributed by atoms with E-state index >= 15 is 0 Å². The van der Waals surface area contributed by atoms with Crippen molar-refractivity contribution < 1.29 is 13.2 Å². The SMILES string of the molecule is CNCc1cccc(C(F)F)c1F. The van der Waals surface area contributed by atoms with Crippen LogP contribution in [0.2, 0.25) is 0 Å². The van der Waals surface area contributed by atoms with Gasteiger partial charge in [0.15, 0.2) is 0 Å². The monoisotopic (exact) mass is 189 g/mol. The molecule has 0 aliphatic heterocycles. The highest BCUT2D eigenvalue weighted by Gasteiger charge is 2.15. The first-order valence-electron chi connectivity index (χ1n) is 3.87. The summed E-state index contributed by atoms with van der Waals surface area (Å²) in [7, 11) is 1.63. The maximum Gasteiger partial charge on any atom is 0.266 e. The Balaban J connectivity index is 3.03. The van der Waals surface area contributed by atoms with Gasteiger partial charge in [0.2, 0.25) is 0 Å². The van der Waals surface area contributed by atoms with Gasteiger partial charge in [-0.15, -0.1) is 0 Å². The van der Waals surface area contributed by atoms with Crippen LogP contribution < -0.4 is 5.32 Å². The molecule has 1 N–H and O–H groups in total. The van der Waals surface area contributed by atoms with E-state index in [9.17, 15) is 13.2 Å². The highest BCUT2D eigenvalue weighted by molar-refractivity contribution is 5.26. The van der Waals surface area contributed by atoms with Crippen molar-refractivity contribution in [1.82, 2.24) is 5.32 Å². The quantitative estimate of drug-likeness (QED) is 0.770. The Labute approximate surface area is 74.6 Å². The van der Waals surface area contributed by atoms with Crippen LogP contribution in [0.5, 0.6) is 0 Å². The second kappa shape index (κ2) is 4.28. The molecule has 0 aliphatic rings. The lowest BCUT2D eigenvalue weighted by molar-refractivity contribution is 0.146. The van der Waals surface area contributed by atoms with Gasteiger partial charge in [-0.05, 0) is 7.05 Å². The van der Waals surface area contributed by atoms with Crippen LogP contribution in [0, 0.1) is 5.82 Å². The predicted octanol–water partition coefficient (Wildman–Crippen LogP) is 2.48. The number of hydrogen-bond acceptors (Lipinski definition) is 1. The van der Waals surface area contributed by atoms with Gasteiger partial charge < -0.3 is 5.32 Å². The highest BCUT2D eigenvalue weighted by atomic mass is 19.3. The largest absolute Gasteiger partial charge is 0.316 e. The lowest BCUT2D eigenvalue weighted by atomic mass is 10.1. The van der Waals surface area contributed by atoms with E-state index in [0.717, 1.165) is 6.07 Å². The Morgan fingerprint density at radius 2 is 2.08 bits per heavy atom. The third kappa shape index (κ3) is 2.21. The molecule has 1 rings (SSSR count). The number of rotatable bonds is 3. The average molecular weight is 189 g/mol.